The highest BCUT2D eigenvalue weighted by Gasteiger charge is 2.06. The topological polar surface area (TPSA) is 20.2 Å². The minimum atomic E-state index is -0.180. The number of hydrogen-bond donors (Lipinski definition) is 1. The molecule has 0 heterocycles. The third-order valence-corrected chi connectivity index (χ3v) is 2.67. The largest absolute Gasteiger partial charge is 0.393 e. The van der Waals surface area contributed by atoms with E-state index in [1.165, 1.54) is 5.56 Å². The molecule has 0 aromatic heterocycles. The van der Waals surface area contributed by atoms with Gasteiger partial charge < -0.3 is 5.11 Å². The van der Waals surface area contributed by atoms with Crippen LogP contribution in [-0.4, -0.2) is 11.2 Å². The third-order valence-electron chi connectivity index (χ3n) is 2.42. The second kappa shape index (κ2) is 6.14. The van der Waals surface area contributed by atoms with Crippen molar-refractivity contribution in [1.29, 1.82) is 0 Å². The molecule has 15 heavy (non-hydrogen) atoms. The Hall–Kier alpha value is -0.530. The van der Waals surface area contributed by atoms with Gasteiger partial charge in [0.05, 0.1) is 6.10 Å². The number of aliphatic hydroxyl groups excluding tert-OH is 1. The fraction of sp³-hybridized carbons (Fsp3) is 0.538. The van der Waals surface area contributed by atoms with Gasteiger partial charge in [-0.15, -0.1) is 0 Å². The first-order valence-electron chi connectivity index (χ1n) is 5.50. The molecule has 0 aliphatic rings. The zero-order chi connectivity index (χ0) is 11.3. The zero-order valence-electron chi connectivity index (χ0n) is 9.41. The molecule has 1 aromatic rings. The van der Waals surface area contributed by atoms with Crippen LogP contribution in [0.4, 0.5) is 0 Å². The SMILES string of the molecule is CC(C)CC(O)CCc1ccc(Cl)cc1. The van der Waals surface area contributed by atoms with Crippen molar-refractivity contribution in [1.82, 2.24) is 0 Å². The normalized spacial score (nSPS) is 13.1. The van der Waals surface area contributed by atoms with Gasteiger partial charge in [0.2, 0.25) is 0 Å². The van der Waals surface area contributed by atoms with Crippen LogP contribution in [0.25, 0.3) is 0 Å². The first-order chi connectivity index (χ1) is 7.08. The molecule has 0 aliphatic carbocycles. The minimum absolute atomic E-state index is 0.180. The highest BCUT2D eigenvalue weighted by molar-refractivity contribution is 6.30. The Balaban J connectivity index is 2.33. The summed E-state index contributed by atoms with van der Waals surface area (Å²) >= 11 is 5.79. The van der Waals surface area contributed by atoms with E-state index in [2.05, 4.69) is 13.8 Å². The number of halogens is 1. The van der Waals surface area contributed by atoms with Gasteiger partial charge in [0, 0.05) is 5.02 Å². The third kappa shape index (κ3) is 5.19. The summed E-state index contributed by atoms with van der Waals surface area (Å²) in [5.74, 6) is 0.560. The lowest BCUT2D eigenvalue weighted by molar-refractivity contribution is 0.140. The van der Waals surface area contributed by atoms with Crippen molar-refractivity contribution in [3.05, 3.63) is 34.9 Å². The van der Waals surface area contributed by atoms with Crippen LogP contribution in [0.1, 0.15) is 32.3 Å². The van der Waals surface area contributed by atoms with Crippen LogP contribution in [0.5, 0.6) is 0 Å². The quantitative estimate of drug-likeness (QED) is 0.812. The molecule has 0 radical (unpaired) electrons. The van der Waals surface area contributed by atoms with Crippen molar-refractivity contribution in [2.45, 2.75) is 39.2 Å². The molecule has 0 saturated carbocycles. The summed E-state index contributed by atoms with van der Waals surface area (Å²) in [6.07, 6.45) is 2.46. The van der Waals surface area contributed by atoms with Crippen LogP contribution < -0.4 is 0 Å². The number of rotatable bonds is 5. The summed E-state index contributed by atoms with van der Waals surface area (Å²) in [6.45, 7) is 4.26. The molecule has 1 unspecified atom stereocenters. The van der Waals surface area contributed by atoms with Gasteiger partial charge in [-0.3, -0.25) is 0 Å². The molecular formula is C13H19ClO. The average molecular weight is 227 g/mol. The molecule has 1 atom stereocenters. The van der Waals surface area contributed by atoms with E-state index in [-0.39, 0.29) is 6.10 Å². The Morgan fingerprint density at radius 2 is 1.80 bits per heavy atom. The average Bonchev–Trinajstić information content (AvgIpc) is 2.16. The number of aliphatic hydroxyl groups is 1. The van der Waals surface area contributed by atoms with Crippen LogP contribution in [0, 0.1) is 5.92 Å². The van der Waals surface area contributed by atoms with Gasteiger partial charge in [0.15, 0.2) is 0 Å². The number of hydrogen-bond acceptors (Lipinski definition) is 1. The van der Waals surface area contributed by atoms with E-state index in [1.54, 1.807) is 0 Å². The van der Waals surface area contributed by atoms with E-state index in [1.807, 2.05) is 24.3 Å². The standard InChI is InChI=1S/C13H19ClO/c1-10(2)9-13(15)8-5-11-3-6-12(14)7-4-11/h3-4,6-7,10,13,15H,5,8-9H2,1-2H3. The summed E-state index contributed by atoms with van der Waals surface area (Å²) in [4.78, 5) is 0. The van der Waals surface area contributed by atoms with Gasteiger partial charge in [0.1, 0.15) is 0 Å². The minimum Gasteiger partial charge on any atom is -0.393 e. The fourth-order valence-electron chi connectivity index (χ4n) is 1.65. The molecule has 1 nitrogen and oxygen atoms in total. The molecule has 0 fully saturated rings. The lowest BCUT2D eigenvalue weighted by Crippen LogP contribution is -2.11. The molecule has 1 rings (SSSR count). The maximum Gasteiger partial charge on any atom is 0.0545 e. The van der Waals surface area contributed by atoms with E-state index < -0.39 is 0 Å². The maximum atomic E-state index is 9.71. The number of benzene rings is 1. The first-order valence-corrected chi connectivity index (χ1v) is 5.88. The van der Waals surface area contributed by atoms with Crippen molar-refractivity contribution in [3.63, 3.8) is 0 Å². The Morgan fingerprint density at radius 1 is 1.20 bits per heavy atom. The Morgan fingerprint density at radius 3 is 2.33 bits per heavy atom. The second-order valence-corrected chi connectivity index (χ2v) is 4.88. The molecule has 0 saturated heterocycles. The molecule has 0 bridgehead atoms. The van der Waals surface area contributed by atoms with Crippen LogP contribution in [-0.2, 0) is 6.42 Å². The first kappa shape index (κ1) is 12.5. The monoisotopic (exact) mass is 226 g/mol. The fourth-order valence-corrected chi connectivity index (χ4v) is 1.77. The molecular weight excluding hydrogens is 208 g/mol. The van der Waals surface area contributed by atoms with E-state index >= 15 is 0 Å². The molecule has 1 N–H and O–H groups in total. The van der Waals surface area contributed by atoms with Crippen LogP contribution in [0.15, 0.2) is 24.3 Å². The van der Waals surface area contributed by atoms with E-state index in [0.29, 0.717) is 5.92 Å². The highest BCUT2D eigenvalue weighted by atomic mass is 35.5. The Bertz CT molecular complexity index is 279. The van der Waals surface area contributed by atoms with E-state index in [9.17, 15) is 5.11 Å². The van der Waals surface area contributed by atoms with Crippen molar-refractivity contribution in [3.8, 4) is 0 Å². The van der Waals surface area contributed by atoms with Crippen LogP contribution in [0.3, 0.4) is 0 Å². The highest BCUT2D eigenvalue weighted by Crippen LogP contribution is 2.14. The van der Waals surface area contributed by atoms with E-state index in [0.717, 1.165) is 24.3 Å². The van der Waals surface area contributed by atoms with Crippen molar-refractivity contribution < 1.29 is 5.11 Å². The lowest BCUT2D eigenvalue weighted by Gasteiger charge is -2.12. The Labute approximate surface area is 97.1 Å². The zero-order valence-corrected chi connectivity index (χ0v) is 10.2. The predicted octanol–water partition coefficient (Wildman–Crippen LogP) is 3.68. The van der Waals surface area contributed by atoms with Crippen molar-refractivity contribution in [2.75, 3.05) is 0 Å². The summed E-state index contributed by atoms with van der Waals surface area (Å²) in [7, 11) is 0. The van der Waals surface area contributed by atoms with Crippen LogP contribution >= 0.6 is 11.6 Å². The smallest absolute Gasteiger partial charge is 0.0545 e. The van der Waals surface area contributed by atoms with Gasteiger partial charge in [-0.2, -0.15) is 0 Å². The molecule has 0 amide bonds. The molecule has 1 aromatic carbocycles. The van der Waals surface area contributed by atoms with Crippen molar-refractivity contribution in [2.24, 2.45) is 5.92 Å². The molecule has 84 valence electrons. The summed E-state index contributed by atoms with van der Waals surface area (Å²) in [5.41, 5.74) is 1.24. The van der Waals surface area contributed by atoms with E-state index in [4.69, 9.17) is 11.6 Å². The number of aryl methyl sites for hydroxylation is 1. The maximum absolute atomic E-state index is 9.71. The molecule has 0 aliphatic heterocycles. The van der Waals surface area contributed by atoms with Crippen molar-refractivity contribution >= 4 is 11.6 Å². The van der Waals surface area contributed by atoms with Gasteiger partial charge in [0.25, 0.3) is 0 Å². The summed E-state index contributed by atoms with van der Waals surface area (Å²) in [6, 6.07) is 7.83. The van der Waals surface area contributed by atoms with Gasteiger partial charge >= 0.3 is 0 Å². The Kier molecular flexibility index (Phi) is 5.13. The second-order valence-electron chi connectivity index (χ2n) is 4.45. The summed E-state index contributed by atoms with van der Waals surface area (Å²) in [5, 5.41) is 10.5. The van der Waals surface area contributed by atoms with Gasteiger partial charge in [-0.25, -0.2) is 0 Å². The van der Waals surface area contributed by atoms with Crippen LogP contribution in [0.2, 0.25) is 5.02 Å². The lowest BCUT2D eigenvalue weighted by atomic mass is 10.00. The summed E-state index contributed by atoms with van der Waals surface area (Å²) < 4.78 is 0. The van der Waals surface area contributed by atoms with Gasteiger partial charge in [-0.1, -0.05) is 37.6 Å². The predicted molar refractivity (Wildman–Crippen MR) is 65.2 cm³/mol. The molecule has 2 heteroatoms. The van der Waals surface area contributed by atoms with Gasteiger partial charge in [-0.05, 0) is 42.9 Å². The molecule has 0 spiro atoms.